The van der Waals surface area contributed by atoms with E-state index in [2.05, 4.69) is 0 Å². The van der Waals surface area contributed by atoms with Gasteiger partial charge in [0.1, 0.15) is 11.4 Å². The average molecular weight is 679 g/mol. The van der Waals surface area contributed by atoms with Crippen LogP contribution >= 0.6 is 23.2 Å². The van der Waals surface area contributed by atoms with E-state index in [0.717, 1.165) is 13.9 Å². The first kappa shape index (κ1) is 30.0. The summed E-state index contributed by atoms with van der Waals surface area (Å²) in [7, 11) is 0. The second-order valence-electron chi connectivity index (χ2n) is 11.0. The van der Waals surface area contributed by atoms with Crippen LogP contribution in [0.5, 0.6) is 5.75 Å². The standard InChI is InChI=1S/C30H17Cl2F5N4O5/c31-29-12-17-16(9-10-38-27(45)39(28(46)41(17)38)14-6-2-1-3-7-14)18(13-5-4-8-15(42)11-13)30(29,32)26(44)40(25(29)43)24-22(36)20(34)19(33)21(35)23(24)37/h1-9,11,17-18,42H,10,12H2. The molecule has 16 heteroatoms. The zero-order valence-electron chi connectivity index (χ0n) is 22.9. The Labute approximate surface area is 263 Å². The van der Waals surface area contributed by atoms with Gasteiger partial charge in [-0.1, -0.05) is 36.4 Å². The third kappa shape index (κ3) is 3.62. The molecule has 1 aromatic heterocycles. The number of nitrogens with zero attached hydrogens (tertiary/aromatic N) is 4. The second kappa shape index (κ2) is 9.90. The molecule has 3 heterocycles. The highest BCUT2D eigenvalue weighted by molar-refractivity contribution is 6.58. The Morgan fingerprint density at radius 1 is 0.783 bits per heavy atom. The van der Waals surface area contributed by atoms with Crippen LogP contribution in [0.4, 0.5) is 27.6 Å². The van der Waals surface area contributed by atoms with E-state index in [1.54, 1.807) is 18.2 Å². The van der Waals surface area contributed by atoms with Crippen molar-refractivity contribution < 1.29 is 36.6 Å². The molecule has 2 aliphatic heterocycles. The number of anilines is 1. The van der Waals surface area contributed by atoms with Crippen LogP contribution in [0.25, 0.3) is 5.69 Å². The molecule has 4 unspecified atom stereocenters. The molecule has 4 atom stereocenters. The van der Waals surface area contributed by atoms with Gasteiger partial charge in [-0.25, -0.2) is 50.4 Å². The molecule has 9 nitrogen and oxygen atoms in total. The third-order valence-electron chi connectivity index (χ3n) is 8.71. The number of aromatic nitrogens is 3. The number of amides is 2. The lowest BCUT2D eigenvalue weighted by Crippen LogP contribution is -2.59. The van der Waals surface area contributed by atoms with E-state index in [9.17, 15) is 37.5 Å². The minimum absolute atomic E-state index is 0.0581. The van der Waals surface area contributed by atoms with Gasteiger partial charge in [-0.15, -0.1) is 23.2 Å². The van der Waals surface area contributed by atoms with Gasteiger partial charge >= 0.3 is 11.4 Å². The maximum Gasteiger partial charge on any atom is 0.352 e. The molecule has 0 radical (unpaired) electrons. The Balaban J connectivity index is 1.49. The summed E-state index contributed by atoms with van der Waals surface area (Å²) in [4.78, 5) is 49.9. The van der Waals surface area contributed by atoms with Crippen molar-refractivity contribution in [2.24, 2.45) is 0 Å². The fourth-order valence-electron chi connectivity index (χ4n) is 6.71. The molecule has 2 amide bonds. The number of carbonyl (C=O) groups excluding carboxylic acids is 2. The van der Waals surface area contributed by atoms with Gasteiger partial charge in [0.05, 0.1) is 18.3 Å². The molecule has 7 rings (SSSR count). The normalized spacial score (nSPS) is 25.3. The molecular weight excluding hydrogens is 662 g/mol. The molecule has 1 N–H and O–H groups in total. The van der Waals surface area contributed by atoms with Gasteiger partial charge in [0.2, 0.25) is 5.82 Å². The van der Waals surface area contributed by atoms with E-state index in [4.69, 9.17) is 23.2 Å². The van der Waals surface area contributed by atoms with Gasteiger partial charge < -0.3 is 5.11 Å². The predicted molar refractivity (Wildman–Crippen MR) is 153 cm³/mol. The van der Waals surface area contributed by atoms with Crippen molar-refractivity contribution in [2.45, 2.75) is 34.7 Å². The van der Waals surface area contributed by atoms with Crippen LogP contribution in [0.3, 0.4) is 0 Å². The summed E-state index contributed by atoms with van der Waals surface area (Å²) < 4.78 is 75.6. The summed E-state index contributed by atoms with van der Waals surface area (Å²) in [5.74, 6) is -17.4. The van der Waals surface area contributed by atoms with E-state index in [1.165, 1.54) is 42.5 Å². The number of halogens is 7. The number of hydrogen-bond acceptors (Lipinski definition) is 5. The fraction of sp³-hybridized carbons (Fsp3) is 0.200. The molecule has 0 spiro atoms. The Bertz CT molecular complexity index is 2160. The van der Waals surface area contributed by atoms with Crippen LogP contribution in [0, 0.1) is 29.1 Å². The van der Waals surface area contributed by atoms with E-state index in [-0.39, 0.29) is 34.0 Å². The predicted octanol–water partition coefficient (Wildman–Crippen LogP) is 4.40. The highest BCUT2D eigenvalue weighted by Crippen LogP contribution is 2.64. The van der Waals surface area contributed by atoms with Crippen molar-refractivity contribution in [3.8, 4) is 11.4 Å². The second-order valence-corrected chi connectivity index (χ2v) is 12.2. The zero-order valence-corrected chi connectivity index (χ0v) is 24.4. The van der Waals surface area contributed by atoms with Crippen LogP contribution in [0.2, 0.25) is 0 Å². The van der Waals surface area contributed by atoms with Gasteiger partial charge in [0.25, 0.3) is 11.8 Å². The summed E-state index contributed by atoms with van der Waals surface area (Å²) in [5, 5.41) is 10.3. The van der Waals surface area contributed by atoms with Gasteiger partial charge in [-0.3, -0.25) is 9.59 Å². The molecule has 1 saturated heterocycles. The van der Waals surface area contributed by atoms with Crippen LogP contribution < -0.4 is 16.3 Å². The average Bonchev–Trinajstić information content (AvgIpc) is 3.38. The summed E-state index contributed by atoms with van der Waals surface area (Å²) in [5.41, 5.74) is -3.06. The number of hydrogen-bond donors (Lipinski definition) is 1. The first-order valence-electron chi connectivity index (χ1n) is 13.5. The summed E-state index contributed by atoms with van der Waals surface area (Å²) in [6.07, 6.45) is 0.739. The summed E-state index contributed by atoms with van der Waals surface area (Å²) in [6, 6.07) is 11.8. The molecule has 46 heavy (non-hydrogen) atoms. The van der Waals surface area contributed by atoms with Crippen LogP contribution in [-0.4, -0.2) is 40.6 Å². The zero-order chi connectivity index (χ0) is 33.0. The fourth-order valence-corrected chi connectivity index (χ4v) is 7.62. The lowest BCUT2D eigenvalue weighted by molar-refractivity contribution is -0.122. The minimum Gasteiger partial charge on any atom is -0.508 e. The molecule has 0 bridgehead atoms. The van der Waals surface area contributed by atoms with E-state index >= 15 is 8.78 Å². The Morgan fingerprint density at radius 2 is 1.41 bits per heavy atom. The highest BCUT2D eigenvalue weighted by Gasteiger charge is 2.76. The smallest absolute Gasteiger partial charge is 0.352 e. The molecule has 236 valence electrons. The number of para-hydroxylation sites is 1. The number of phenolic OH excluding ortho intramolecular Hbond substituents is 1. The Hall–Kier alpha value is -4.69. The number of phenols is 1. The minimum atomic E-state index is -2.70. The monoisotopic (exact) mass is 678 g/mol. The first-order chi connectivity index (χ1) is 21.8. The molecule has 4 aromatic rings. The van der Waals surface area contributed by atoms with E-state index in [0.29, 0.717) is 0 Å². The van der Waals surface area contributed by atoms with Crippen molar-refractivity contribution in [2.75, 3.05) is 4.90 Å². The number of allylic oxidation sites excluding steroid dienone is 2. The van der Waals surface area contributed by atoms with Crippen molar-refractivity contribution in [1.29, 1.82) is 0 Å². The van der Waals surface area contributed by atoms with Gasteiger partial charge in [0, 0.05) is 12.3 Å². The van der Waals surface area contributed by atoms with Crippen molar-refractivity contribution in [3.05, 3.63) is 122 Å². The van der Waals surface area contributed by atoms with Crippen molar-refractivity contribution in [3.63, 3.8) is 0 Å². The molecular formula is C30H17Cl2F5N4O5. The lowest BCUT2D eigenvalue weighted by atomic mass is 9.64. The number of alkyl halides is 2. The van der Waals surface area contributed by atoms with Crippen LogP contribution in [-0.2, 0) is 16.1 Å². The SMILES string of the molecule is O=C1N(c2c(F)c(F)c(F)c(F)c2F)C(=O)C2(Cl)C(c3cccc(O)c3)C3=CCn4c(=O)n(-c5ccccc5)c(=O)n4C3CC12Cl. The van der Waals surface area contributed by atoms with Crippen LogP contribution in [0.1, 0.15) is 23.9 Å². The number of rotatable bonds is 3. The highest BCUT2D eigenvalue weighted by atomic mass is 35.5. The number of aromatic hydroxyl groups is 1. The molecule has 2 fully saturated rings. The largest absolute Gasteiger partial charge is 0.508 e. The molecule has 3 aromatic carbocycles. The van der Waals surface area contributed by atoms with Crippen molar-refractivity contribution >= 4 is 40.7 Å². The number of fused-ring (bicyclic) bond motifs is 4. The molecule has 3 aliphatic rings. The lowest BCUT2D eigenvalue weighted by Gasteiger charge is -2.49. The van der Waals surface area contributed by atoms with Gasteiger partial charge in [-0.05, 0) is 35.4 Å². The Morgan fingerprint density at radius 3 is 2.04 bits per heavy atom. The maximum absolute atomic E-state index is 15.1. The number of imide groups is 1. The summed E-state index contributed by atoms with van der Waals surface area (Å²) >= 11 is 14.0. The molecule has 1 saturated carbocycles. The number of carbonyl (C=O) groups is 2. The third-order valence-corrected chi connectivity index (χ3v) is 10.1. The molecule has 1 aliphatic carbocycles. The first-order valence-corrected chi connectivity index (χ1v) is 14.3. The number of benzene rings is 3. The Kier molecular flexibility index (Phi) is 6.46. The van der Waals surface area contributed by atoms with E-state index in [1.807, 2.05) is 0 Å². The summed E-state index contributed by atoms with van der Waals surface area (Å²) in [6.45, 7) is -0.235. The topological polar surface area (TPSA) is 107 Å². The van der Waals surface area contributed by atoms with Crippen LogP contribution in [0.15, 0.2) is 75.8 Å². The quantitative estimate of drug-likeness (QED) is 0.0864. The van der Waals surface area contributed by atoms with Gasteiger partial charge in [-0.2, -0.15) is 0 Å². The maximum atomic E-state index is 15.1. The van der Waals surface area contributed by atoms with Crippen molar-refractivity contribution in [1.82, 2.24) is 13.9 Å². The van der Waals surface area contributed by atoms with E-state index < -0.39 is 86.1 Å². The van der Waals surface area contributed by atoms with Gasteiger partial charge in [0.15, 0.2) is 33.0 Å².